The summed E-state index contributed by atoms with van der Waals surface area (Å²) < 4.78 is 96.1. The van der Waals surface area contributed by atoms with Gasteiger partial charge in [-0.3, -0.25) is 14.5 Å². The molecule has 0 bridgehead atoms. The second kappa shape index (κ2) is 10.6. The number of benzene rings is 3. The number of halogens is 6. The fourth-order valence-corrected chi connectivity index (χ4v) is 6.08. The summed E-state index contributed by atoms with van der Waals surface area (Å²) in [5, 5.41) is 4.83. The third-order valence-corrected chi connectivity index (χ3v) is 8.31. The molecule has 3 aromatic carbocycles. The van der Waals surface area contributed by atoms with Crippen LogP contribution in [-0.4, -0.2) is 40.1 Å². The number of sulfonamides is 1. The molecule has 3 aromatic rings. The highest BCUT2D eigenvalue weighted by atomic mass is 35.5. The number of hydrogen-bond acceptors (Lipinski definition) is 4. The summed E-state index contributed by atoms with van der Waals surface area (Å²) in [7, 11) is -4.63. The molecule has 3 N–H and O–H groups in total. The molecule has 16 heteroatoms. The number of fused-ring (bicyclic) bond motifs is 1. The van der Waals surface area contributed by atoms with E-state index in [1.807, 2.05) is 4.72 Å². The molecule has 0 radical (unpaired) electrons. The summed E-state index contributed by atoms with van der Waals surface area (Å²) in [5.74, 6) is -2.96. The van der Waals surface area contributed by atoms with Crippen LogP contribution in [0, 0.1) is 11.6 Å². The second-order valence-corrected chi connectivity index (χ2v) is 11.7. The maximum absolute atomic E-state index is 14.4. The zero-order valence-electron chi connectivity index (χ0n) is 21.5. The Kier molecular flexibility index (Phi) is 7.43. The average molecular weight is 630 g/mol. The van der Waals surface area contributed by atoms with E-state index >= 15 is 0 Å². The average Bonchev–Trinajstić information content (AvgIpc) is 3.48. The Morgan fingerprint density at radius 3 is 2.29 bits per heavy atom. The number of rotatable bonds is 5. The van der Waals surface area contributed by atoms with Crippen LogP contribution in [0.25, 0.3) is 0 Å². The molecule has 9 nitrogen and oxygen atoms in total. The summed E-state index contributed by atoms with van der Waals surface area (Å²) in [5.41, 5.74) is -1.20. The molecule has 4 amide bonds. The van der Waals surface area contributed by atoms with E-state index in [0.717, 1.165) is 42.5 Å². The topological polar surface area (TPSA) is 111 Å². The van der Waals surface area contributed by atoms with E-state index in [-0.39, 0.29) is 41.7 Å². The molecule has 0 unspecified atom stereocenters. The molecule has 42 heavy (non-hydrogen) atoms. The molecular formula is C26H21ClF5N5O4S. The summed E-state index contributed by atoms with van der Waals surface area (Å²) in [6.45, 7) is 2.06. The van der Waals surface area contributed by atoms with E-state index < -0.39 is 62.0 Å². The lowest BCUT2D eigenvalue weighted by molar-refractivity contribution is -0.137. The number of hydrogen-bond donors (Lipinski definition) is 3. The van der Waals surface area contributed by atoms with Gasteiger partial charge in [0.15, 0.2) is 11.6 Å². The van der Waals surface area contributed by atoms with Crippen LogP contribution in [0.5, 0.6) is 0 Å². The van der Waals surface area contributed by atoms with Crippen molar-refractivity contribution in [3.05, 3.63) is 76.3 Å². The molecule has 0 spiro atoms. The Labute approximate surface area is 241 Å². The quantitative estimate of drug-likeness (QED) is 0.295. The molecule has 222 valence electrons. The summed E-state index contributed by atoms with van der Waals surface area (Å²) in [4.78, 5) is 28.0. The zero-order valence-corrected chi connectivity index (χ0v) is 23.1. The normalized spacial score (nSPS) is 16.8. The number of nitrogens with zero attached hydrogens (tertiary/aromatic N) is 2. The van der Waals surface area contributed by atoms with Crippen molar-refractivity contribution in [1.82, 2.24) is 5.32 Å². The van der Waals surface area contributed by atoms with Gasteiger partial charge in [0.2, 0.25) is 0 Å². The summed E-state index contributed by atoms with van der Waals surface area (Å²) in [6, 6.07) is 6.31. The van der Waals surface area contributed by atoms with E-state index in [4.69, 9.17) is 11.6 Å². The number of nitrogens with one attached hydrogen (secondary N) is 3. The predicted molar refractivity (Wildman–Crippen MR) is 146 cm³/mol. The van der Waals surface area contributed by atoms with Gasteiger partial charge in [-0.1, -0.05) is 18.5 Å². The van der Waals surface area contributed by atoms with Gasteiger partial charge in [0, 0.05) is 36.3 Å². The Morgan fingerprint density at radius 2 is 1.71 bits per heavy atom. The standard InChI is InChI=1S/C26H21ClF5N5O4S/c1-13-12-37(25(39)34-16-4-2-14(3-5-16)26(30,31)32)23-18(13)10-17(11-21(23)36-7-6-33-24(36)38)42(40,41)35-22-19(28)8-15(27)9-20(22)29/h2-5,8-11,13,35H,6-7,12H2,1H3,(H,33,38)(H,34,39)/t13-/m1/s1. The van der Waals surface area contributed by atoms with Crippen molar-refractivity contribution < 1.29 is 40.0 Å². The van der Waals surface area contributed by atoms with Crippen LogP contribution in [0.1, 0.15) is 24.0 Å². The minimum atomic E-state index is -4.63. The Morgan fingerprint density at radius 1 is 1.07 bits per heavy atom. The van der Waals surface area contributed by atoms with Gasteiger partial charge in [-0.05, 0) is 54.1 Å². The first-order valence-electron chi connectivity index (χ1n) is 12.3. The molecule has 2 aliphatic heterocycles. The molecule has 0 aliphatic carbocycles. The van der Waals surface area contributed by atoms with Gasteiger partial charge >= 0.3 is 18.2 Å². The van der Waals surface area contributed by atoms with Crippen molar-refractivity contribution in [1.29, 1.82) is 0 Å². The highest BCUT2D eigenvalue weighted by Gasteiger charge is 2.38. The maximum atomic E-state index is 14.4. The molecule has 1 atom stereocenters. The first-order chi connectivity index (χ1) is 19.7. The molecule has 2 aliphatic rings. The number of carbonyl (C=O) groups is 2. The van der Waals surface area contributed by atoms with Crippen LogP contribution in [-0.2, 0) is 16.2 Å². The van der Waals surface area contributed by atoms with Crippen molar-refractivity contribution in [3.8, 4) is 0 Å². The van der Waals surface area contributed by atoms with Crippen molar-refractivity contribution >= 4 is 56.4 Å². The monoisotopic (exact) mass is 629 g/mol. The highest BCUT2D eigenvalue weighted by Crippen LogP contribution is 2.46. The van der Waals surface area contributed by atoms with Crippen LogP contribution < -0.4 is 25.2 Å². The molecule has 1 fully saturated rings. The molecule has 0 saturated carbocycles. The third kappa shape index (κ3) is 5.53. The zero-order chi connectivity index (χ0) is 30.6. The van der Waals surface area contributed by atoms with Gasteiger partial charge in [-0.15, -0.1) is 0 Å². The van der Waals surface area contributed by atoms with E-state index in [9.17, 15) is 40.0 Å². The first kappa shape index (κ1) is 29.4. The summed E-state index contributed by atoms with van der Waals surface area (Å²) in [6.07, 6.45) is -4.56. The molecular weight excluding hydrogens is 609 g/mol. The largest absolute Gasteiger partial charge is 0.416 e. The van der Waals surface area contributed by atoms with E-state index in [0.29, 0.717) is 5.56 Å². The lowest BCUT2D eigenvalue weighted by Crippen LogP contribution is -2.36. The molecule has 0 aromatic heterocycles. The lowest BCUT2D eigenvalue weighted by Gasteiger charge is -2.25. The second-order valence-electron chi connectivity index (χ2n) is 9.63. The fourth-order valence-electron chi connectivity index (χ4n) is 4.76. The number of anilines is 4. The third-order valence-electron chi connectivity index (χ3n) is 6.76. The smallest absolute Gasteiger partial charge is 0.336 e. The number of amides is 4. The Bertz CT molecular complexity index is 1680. The minimum absolute atomic E-state index is 0.0294. The number of urea groups is 2. The van der Waals surface area contributed by atoms with Crippen LogP contribution in [0.15, 0.2) is 53.4 Å². The van der Waals surface area contributed by atoms with E-state index in [1.54, 1.807) is 6.92 Å². The van der Waals surface area contributed by atoms with Crippen molar-refractivity contribution in [3.63, 3.8) is 0 Å². The minimum Gasteiger partial charge on any atom is -0.336 e. The number of carbonyl (C=O) groups excluding carboxylic acids is 2. The van der Waals surface area contributed by atoms with Gasteiger partial charge in [-0.2, -0.15) is 13.2 Å². The van der Waals surface area contributed by atoms with Gasteiger partial charge in [0.05, 0.1) is 21.8 Å². The SMILES string of the molecule is C[C@@H]1CN(C(=O)Nc2ccc(C(F)(F)F)cc2)c2c1cc(S(=O)(=O)Nc1c(F)cc(Cl)cc1F)cc2N1CCNC1=O. The molecule has 1 saturated heterocycles. The fraction of sp³-hybridized carbons (Fsp3) is 0.231. The van der Waals surface area contributed by atoms with Gasteiger partial charge in [0.1, 0.15) is 5.69 Å². The first-order valence-corrected chi connectivity index (χ1v) is 14.2. The van der Waals surface area contributed by atoms with Gasteiger partial charge in [-0.25, -0.2) is 26.8 Å². The van der Waals surface area contributed by atoms with Crippen molar-refractivity contribution in [2.75, 3.05) is 39.5 Å². The van der Waals surface area contributed by atoms with Crippen LogP contribution in [0.4, 0.5) is 54.3 Å². The molecule has 5 rings (SSSR count). The van der Waals surface area contributed by atoms with Crippen molar-refractivity contribution in [2.24, 2.45) is 0 Å². The Balaban J connectivity index is 1.54. The predicted octanol–water partition coefficient (Wildman–Crippen LogP) is 6.12. The lowest BCUT2D eigenvalue weighted by atomic mass is 10.0. The van der Waals surface area contributed by atoms with Crippen LogP contribution in [0.3, 0.4) is 0 Å². The van der Waals surface area contributed by atoms with Crippen LogP contribution in [0.2, 0.25) is 5.02 Å². The van der Waals surface area contributed by atoms with E-state index in [2.05, 4.69) is 10.6 Å². The number of alkyl halides is 3. The maximum Gasteiger partial charge on any atom is 0.416 e. The van der Waals surface area contributed by atoms with Gasteiger partial charge in [0.25, 0.3) is 10.0 Å². The van der Waals surface area contributed by atoms with Crippen molar-refractivity contribution in [2.45, 2.75) is 23.9 Å². The highest BCUT2D eigenvalue weighted by molar-refractivity contribution is 7.92. The Hall–Kier alpha value is -4.11. The van der Waals surface area contributed by atoms with Gasteiger partial charge < -0.3 is 10.6 Å². The summed E-state index contributed by atoms with van der Waals surface area (Å²) >= 11 is 5.63. The van der Waals surface area contributed by atoms with E-state index in [1.165, 1.54) is 15.9 Å². The molecule has 2 heterocycles. The van der Waals surface area contributed by atoms with Crippen LogP contribution >= 0.6 is 11.6 Å².